The zero-order chi connectivity index (χ0) is 17.1. The molecule has 7 heteroatoms. The zero-order valence-electron chi connectivity index (χ0n) is 13.3. The first-order chi connectivity index (χ1) is 10.0. The second-order valence-corrected chi connectivity index (χ2v) is 6.19. The van der Waals surface area contributed by atoms with Crippen LogP contribution < -0.4 is 9.84 Å². The third-order valence-electron chi connectivity index (χ3n) is 2.65. The van der Waals surface area contributed by atoms with Gasteiger partial charge in [0.1, 0.15) is 0 Å². The fourth-order valence-electron chi connectivity index (χ4n) is 1.66. The Morgan fingerprint density at radius 3 is 2.27 bits per heavy atom. The molecule has 0 N–H and O–H groups in total. The number of nitro benzene ring substituents is 1. The summed E-state index contributed by atoms with van der Waals surface area (Å²) in [6, 6.07) is 3.26. The molecule has 0 radical (unpaired) electrons. The fourth-order valence-corrected chi connectivity index (χ4v) is 1.66. The summed E-state index contributed by atoms with van der Waals surface area (Å²) in [4.78, 5) is 21.3. The van der Waals surface area contributed by atoms with Gasteiger partial charge in [0.25, 0.3) is 0 Å². The zero-order valence-corrected chi connectivity index (χ0v) is 13.3. The second-order valence-electron chi connectivity index (χ2n) is 6.19. The summed E-state index contributed by atoms with van der Waals surface area (Å²) in [5.74, 6) is -1.68. The highest BCUT2D eigenvalue weighted by atomic mass is 16.7. The molecule has 1 aromatic carbocycles. The lowest BCUT2D eigenvalue weighted by atomic mass is 10.1. The van der Waals surface area contributed by atoms with Crippen LogP contribution in [0.2, 0.25) is 0 Å². The Morgan fingerprint density at radius 2 is 1.86 bits per heavy atom. The Morgan fingerprint density at radius 1 is 1.27 bits per heavy atom. The van der Waals surface area contributed by atoms with Crippen molar-refractivity contribution in [1.82, 2.24) is 0 Å². The monoisotopic (exact) mass is 310 g/mol. The number of benzene rings is 1. The number of carboxylic acids is 1. The van der Waals surface area contributed by atoms with Crippen LogP contribution in [0.4, 0.5) is 5.69 Å². The van der Waals surface area contributed by atoms with E-state index in [9.17, 15) is 20.0 Å². The third kappa shape index (κ3) is 5.00. The van der Waals surface area contributed by atoms with Gasteiger partial charge in [-0.3, -0.25) is 10.1 Å². The lowest BCUT2D eigenvalue weighted by molar-refractivity contribution is -0.386. The molecule has 0 aromatic heterocycles. The number of rotatable bonds is 6. The topological polar surface area (TPSA) is 102 Å². The van der Waals surface area contributed by atoms with Gasteiger partial charge < -0.3 is 19.4 Å². The third-order valence-corrected chi connectivity index (χ3v) is 2.65. The predicted molar refractivity (Wildman–Crippen MR) is 77.5 cm³/mol. The van der Waals surface area contributed by atoms with E-state index in [-0.39, 0.29) is 22.9 Å². The van der Waals surface area contributed by atoms with Crippen LogP contribution in [0.3, 0.4) is 0 Å². The number of hydrogen-bond donors (Lipinski definition) is 0. The van der Waals surface area contributed by atoms with Crippen LogP contribution in [-0.2, 0) is 4.74 Å². The Bertz CT molecular complexity index is 562. The lowest BCUT2D eigenvalue weighted by Gasteiger charge is -2.30. The van der Waals surface area contributed by atoms with Crippen molar-refractivity contribution >= 4 is 11.7 Å². The average Bonchev–Trinajstić information content (AvgIpc) is 2.35. The molecule has 0 amide bonds. The minimum absolute atomic E-state index is 0.0922. The van der Waals surface area contributed by atoms with Gasteiger partial charge in [0.05, 0.1) is 16.5 Å². The van der Waals surface area contributed by atoms with Crippen molar-refractivity contribution in [3.8, 4) is 5.75 Å². The van der Waals surface area contributed by atoms with Crippen molar-refractivity contribution in [3.63, 3.8) is 0 Å². The van der Waals surface area contributed by atoms with Crippen molar-refractivity contribution in [1.29, 1.82) is 0 Å². The maximum Gasteiger partial charge on any atom is 0.311 e. The fraction of sp³-hybridized carbons (Fsp3) is 0.533. The highest BCUT2D eigenvalue weighted by molar-refractivity contribution is 5.87. The van der Waals surface area contributed by atoms with Crippen molar-refractivity contribution in [2.75, 3.05) is 0 Å². The molecule has 1 aromatic rings. The van der Waals surface area contributed by atoms with Gasteiger partial charge in [0.2, 0.25) is 12.0 Å². The molecule has 0 spiro atoms. The molecule has 22 heavy (non-hydrogen) atoms. The standard InChI is InChI=1S/C15H21NO6/c1-9(2)14(22-15(3,4)5)21-12-8-10(13(17)18)6-7-11(12)16(19)20/h6-9,14H,1-5H3,(H,17,18)/p-1. The molecule has 1 atom stereocenters. The Labute approximate surface area is 129 Å². The van der Waals surface area contributed by atoms with Gasteiger partial charge in [-0.05, 0) is 32.9 Å². The molecule has 1 rings (SSSR count). The molecule has 0 saturated carbocycles. The van der Waals surface area contributed by atoms with E-state index in [4.69, 9.17) is 9.47 Å². The summed E-state index contributed by atoms with van der Waals surface area (Å²) in [5.41, 5.74) is -1.04. The lowest BCUT2D eigenvalue weighted by Crippen LogP contribution is -2.35. The van der Waals surface area contributed by atoms with Gasteiger partial charge >= 0.3 is 5.69 Å². The number of carboxylic acid groups (broad SMARTS) is 1. The Hall–Kier alpha value is -2.15. The van der Waals surface area contributed by atoms with Gasteiger partial charge in [0, 0.05) is 17.5 Å². The number of carbonyl (C=O) groups excluding carboxylic acids is 1. The van der Waals surface area contributed by atoms with Crippen LogP contribution in [0, 0.1) is 16.0 Å². The molecular weight excluding hydrogens is 290 g/mol. The van der Waals surface area contributed by atoms with E-state index in [0.717, 1.165) is 18.2 Å². The summed E-state index contributed by atoms with van der Waals surface area (Å²) in [5, 5.41) is 22.0. The molecule has 7 nitrogen and oxygen atoms in total. The van der Waals surface area contributed by atoms with Crippen LogP contribution in [0.25, 0.3) is 0 Å². The molecule has 0 bridgehead atoms. The second kappa shape index (κ2) is 6.74. The van der Waals surface area contributed by atoms with E-state index in [0.29, 0.717) is 0 Å². The smallest absolute Gasteiger partial charge is 0.311 e. The summed E-state index contributed by atoms with van der Waals surface area (Å²) < 4.78 is 11.3. The maximum absolute atomic E-state index is 11.1. The molecule has 0 heterocycles. The predicted octanol–water partition coefficient (Wildman–Crippen LogP) is 2.13. The maximum atomic E-state index is 11.1. The van der Waals surface area contributed by atoms with E-state index < -0.39 is 22.8 Å². The van der Waals surface area contributed by atoms with Gasteiger partial charge in [-0.2, -0.15) is 0 Å². The van der Waals surface area contributed by atoms with Crippen molar-refractivity contribution in [3.05, 3.63) is 33.9 Å². The first-order valence-corrected chi connectivity index (χ1v) is 6.85. The van der Waals surface area contributed by atoms with Crippen LogP contribution in [0.1, 0.15) is 45.0 Å². The normalized spacial score (nSPS) is 13.0. The van der Waals surface area contributed by atoms with Gasteiger partial charge in [-0.15, -0.1) is 0 Å². The van der Waals surface area contributed by atoms with Crippen molar-refractivity contribution in [2.24, 2.45) is 5.92 Å². The number of carbonyl (C=O) groups is 1. The number of nitro groups is 1. The van der Waals surface area contributed by atoms with E-state index in [1.165, 1.54) is 0 Å². The number of nitrogens with zero attached hydrogens (tertiary/aromatic N) is 1. The molecule has 0 saturated heterocycles. The highest BCUT2D eigenvalue weighted by Gasteiger charge is 2.26. The summed E-state index contributed by atoms with van der Waals surface area (Å²) in [7, 11) is 0. The molecule has 0 aliphatic heterocycles. The van der Waals surface area contributed by atoms with Gasteiger partial charge in [-0.25, -0.2) is 0 Å². The van der Waals surface area contributed by atoms with E-state index in [2.05, 4.69) is 0 Å². The largest absolute Gasteiger partial charge is 0.545 e. The van der Waals surface area contributed by atoms with Crippen molar-refractivity contribution < 1.29 is 24.3 Å². The quantitative estimate of drug-likeness (QED) is 0.453. The van der Waals surface area contributed by atoms with Gasteiger partial charge in [0.15, 0.2) is 0 Å². The number of hydrogen-bond acceptors (Lipinski definition) is 6. The first kappa shape index (κ1) is 17.9. The summed E-state index contributed by atoms with van der Waals surface area (Å²) in [6.45, 7) is 9.17. The highest BCUT2D eigenvalue weighted by Crippen LogP contribution is 2.31. The van der Waals surface area contributed by atoms with Crippen LogP contribution >= 0.6 is 0 Å². The Balaban J connectivity index is 3.18. The van der Waals surface area contributed by atoms with Crippen LogP contribution in [0.15, 0.2) is 18.2 Å². The van der Waals surface area contributed by atoms with Crippen LogP contribution in [-0.4, -0.2) is 22.8 Å². The SMILES string of the molecule is CC(C)C(Oc1cc(C(=O)[O-])ccc1[N+](=O)[O-])OC(C)(C)C. The minimum atomic E-state index is -1.43. The van der Waals surface area contributed by atoms with E-state index in [1.807, 2.05) is 34.6 Å². The number of ether oxygens (including phenoxy) is 2. The Kier molecular flexibility index (Phi) is 5.48. The molecule has 0 aliphatic carbocycles. The van der Waals surface area contributed by atoms with E-state index >= 15 is 0 Å². The molecule has 0 fully saturated rings. The molecule has 122 valence electrons. The van der Waals surface area contributed by atoms with E-state index in [1.54, 1.807) is 0 Å². The minimum Gasteiger partial charge on any atom is -0.545 e. The van der Waals surface area contributed by atoms with Gasteiger partial charge in [-0.1, -0.05) is 13.8 Å². The molecule has 0 aliphatic rings. The molecular formula is C15H20NO6-. The number of aromatic carboxylic acids is 1. The summed E-state index contributed by atoms with van der Waals surface area (Å²) >= 11 is 0. The average molecular weight is 310 g/mol. The molecule has 1 unspecified atom stereocenters. The van der Waals surface area contributed by atoms with Crippen molar-refractivity contribution in [2.45, 2.75) is 46.5 Å². The summed E-state index contributed by atoms with van der Waals surface area (Å²) in [6.07, 6.45) is -0.754. The van der Waals surface area contributed by atoms with Crippen LogP contribution in [0.5, 0.6) is 5.75 Å². The first-order valence-electron chi connectivity index (χ1n) is 6.85.